The third-order valence-corrected chi connectivity index (χ3v) is 2.63. The highest BCUT2D eigenvalue weighted by atomic mass is 79.9. The van der Waals surface area contributed by atoms with Crippen LogP contribution in [0.1, 0.15) is 10.5 Å². The Hall–Kier alpha value is -1.56. The fourth-order valence-corrected chi connectivity index (χ4v) is 1.74. The molecule has 0 atom stereocenters. The number of halogens is 2. The summed E-state index contributed by atoms with van der Waals surface area (Å²) in [6, 6.07) is 2.25. The van der Waals surface area contributed by atoms with Crippen molar-refractivity contribution in [2.45, 2.75) is 0 Å². The van der Waals surface area contributed by atoms with Crippen molar-refractivity contribution in [1.82, 2.24) is 4.98 Å². The molecular formula is C9H5BrFNO3. The normalized spacial score (nSPS) is 10.8. The van der Waals surface area contributed by atoms with Crippen LogP contribution in [-0.2, 0) is 0 Å². The molecule has 6 heteroatoms. The number of carboxylic acids is 1. The monoisotopic (exact) mass is 273 g/mol. The molecule has 1 heterocycles. The first-order valence-corrected chi connectivity index (χ1v) is 4.73. The molecule has 0 radical (unpaired) electrons. The van der Waals surface area contributed by atoms with Crippen LogP contribution in [0.25, 0.3) is 10.9 Å². The Morgan fingerprint density at radius 1 is 1.47 bits per heavy atom. The largest absolute Gasteiger partial charge is 0.506 e. The fourth-order valence-electron chi connectivity index (χ4n) is 1.33. The lowest BCUT2D eigenvalue weighted by Gasteiger charge is -1.99. The van der Waals surface area contributed by atoms with Crippen molar-refractivity contribution in [2.75, 3.05) is 0 Å². The van der Waals surface area contributed by atoms with Gasteiger partial charge in [0.1, 0.15) is 17.3 Å². The number of phenols is 1. The summed E-state index contributed by atoms with van der Waals surface area (Å²) in [4.78, 5) is 13.0. The number of nitrogens with one attached hydrogen (secondary N) is 1. The van der Waals surface area contributed by atoms with Crippen molar-refractivity contribution in [3.05, 3.63) is 28.1 Å². The number of carbonyl (C=O) groups is 1. The summed E-state index contributed by atoms with van der Waals surface area (Å²) >= 11 is 2.96. The van der Waals surface area contributed by atoms with Crippen LogP contribution in [0.3, 0.4) is 0 Å². The van der Waals surface area contributed by atoms with E-state index in [9.17, 15) is 14.3 Å². The second kappa shape index (κ2) is 3.23. The molecule has 4 nitrogen and oxygen atoms in total. The third kappa shape index (κ3) is 1.46. The zero-order valence-corrected chi connectivity index (χ0v) is 8.80. The summed E-state index contributed by atoms with van der Waals surface area (Å²) < 4.78 is 13.5. The highest BCUT2D eigenvalue weighted by Crippen LogP contribution is 2.34. The van der Waals surface area contributed by atoms with E-state index in [0.29, 0.717) is 0 Å². The van der Waals surface area contributed by atoms with Gasteiger partial charge in [-0.25, -0.2) is 9.18 Å². The lowest BCUT2D eigenvalue weighted by Crippen LogP contribution is -1.95. The number of hydrogen-bond acceptors (Lipinski definition) is 2. The molecule has 1 aromatic carbocycles. The van der Waals surface area contributed by atoms with Crippen molar-refractivity contribution in [3.8, 4) is 5.75 Å². The number of fused-ring (bicyclic) bond motifs is 1. The smallest absolute Gasteiger partial charge is 0.352 e. The van der Waals surface area contributed by atoms with E-state index in [2.05, 4.69) is 20.9 Å². The minimum absolute atomic E-state index is 0.0203. The Morgan fingerprint density at radius 2 is 2.13 bits per heavy atom. The van der Waals surface area contributed by atoms with E-state index < -0.39 is 11.8 Å². The maximum absolute atomic E-state index is 13.3. The van der Waals surface area contributed by atoms with Gasteiger partial charge in [0.05, 0.1) is 9.99 Å². The maximum atomic E-state index is 13.3. The molecule has 0 unspecified atom stereocenters. The average molecular weight is 274 g/mol. The molecule has 0 aliphatic rings. The molecule has 3 N–H and O–H groups in total. The quantitative estimate of drug-likeness (QED) is 0.747. The number of aromatic amines is 1. The van der Waals surface area contributed by atoms with Crippen molar-refractivity contribution in [3.63, 3.8) is 0 Å². The maximum Gasteiger partial charge on any atom is 0.352 e. The van der Waals surface area contributed by atoms with Crippen LogP contribution in [0.2, 0.25) is 0 Å². The molecule has 0 spiro atoms. The second-order valence-corrected chi connectivity index (χ2v) is 3.82. The van der Waals surface area contributed by atoms with Crippen LogP contribution < -0.4 is 0 Å². The summed E-state index contributed by atoms with van der Waals surface area (Å²) in [7, 11) is 0. The number of benzene rings is 1. The average Bonchev–Trinajstić information content (AvgIpc) is 2.59. The molecule has 0 bridgehead atoms. The van der Waals surface area contributed by atoms with Gasteiger partial charge in [0, 0.05) is 5.39 Å². The molecule has 15 heavy (non-hydrogen) atoms. The second-order valence-electron chi connectivity index (χ2n) is 2.97. The van der Waals surface area contributed by atoms with Crippen molar-refractivity contribution in [2.24, 2.45) is 0 Å². The molecule has 2 aromatic rings. The zero-order valence-electron chi connectivity index (χ0n) is 7.21. The first-order valence-electron chi connectivity index (χ1n) is 3.93. The van der Waals surface area contributed by atoms with Crippen LogP contribution >= 0.6 is 15.9 Å². The fraction of sp³-hybridized carbons (Fsp3) is 0. The molecule has 0 aliphatic heterocycles. The van der Waals surface area contributed by atoms with Crippen LogP contribution in [0.5, 0.6) is 5.75 Å². The summed E-state index contributed by atoms with van der Waals surface area (Å²) in [6.07, 6.45) is 0. The van der Waals surface area contributed by atoms with E-state index >= 15 is 0 Å². The first kappa shape index (κ1) is 9.97. The summed E-state index contributed by atoms with van der Waals surface area (Å²) in [5.41, 5.74) is -0.189. The van der Waals surface area contributed by atoms with Crippen LogP contribution in [-0.4, -0.2) is 21.2 Å². The van der Waals surface area contributed by atoms with Gasteiger partial charge < -0.3 is 15.2 Å². The van der Waals surface area contributed by atoms with Crippen LogP contribution in [0, 0.1) is 5.82 Å². The molecule has 0 fully saturated rings. The van der Waals surface area contributed by atoms with Gasteiger partial charge in [-0.1, -0.05) is 0 Å². The van der Waals surface area contributed by atoms with Gasteiger partial charge in [0.25, 0.3) is 0 Å². The molecule has 78 valence electrons. The van der Waals surface area contributed by atoms with Gasteiger partial charge in [0.2, 0.25) is 0 Å². The number of carboxylic acid groups (broad SMARTS) is 1. The number of aromatic nitrogens is 1. The van der Waals surface area contributed by atoms with Gasteiger partial charge in [-0.2, -0.15) is 0 Å². The Labute approximate surface area is 91.5 Å². The third-order valence-electron chi connectivity index (χ3n) is 2.02. The predicted molar refractivity (Wildman–Crippen MR) is 54.6 cm³/mol. The molecule has 0 saturated heterocycles. The molecule has 1 aromatic heterocycles. The Bertz CT molecular complexity index is 564. The number of aromatic hydroxyl groups is 1. The summed E-state index contributed by atoms with van der Waals surface area (Å²) in [6.45, 7) is 0. The molecule has 0 saturated carbocycles. The lowest BCUT2D eigenvalue weighted by molar-refractivity contribution is 0.0691. The molecular weight excluding hydrogens is 269 g/mol. The summed E-state index contributed by atoms with van der Waals surface area (Å²) in [5, 5.41) is 18.4. The van der Waals surface area contributed by atoms with E-state index in [0.717, 1.165) is 6.07 Å². The van der Waals surface area contributed by atoms with Crippen molar-refractivity contribution >= 4 is 32.8 Å². The van der Waals surface area contributed by atoms with Gasteiger partial charge in [-0.15, -0.1) is 0 Å². The van der Waals surface area contributed by atoms with Crippen molar-refractivity contribution < 1.29 is 19.4 Å². The summed E-state index contributed by atoms with van der Waals surface area (Å²) in [5.74, 6) is -2.02. The number of H-pyrrole nitrogens is 1. The number of phenolic OH excluding ortho intramolecular Hbond substituents is 1. The van der Waals surface area contributed by atoms with Gasteiger partial charge in [-0.05, 0) is 28.1 Å². The molecule has 2 rings (SSSR count). The van der Waals surface area contributed by atoms with E-state index in [1.165, 1.54) is 6.07 Å². The van der Waals surface area contributed by atoms with Gasteiger partial charge >= 0.3 is 5.97 Å². The Balaban J connectivity index is 2.85. The Morgan fingerprint density at radius 3 is 2.73 bits per heavy atom. The predicted octanol–water partition coefficient (Wildman–Crippen LogP) is 2.47. The standard InChI is InChI=1S/C9H5BrFNO3/c10-4-2-5(11)7-3(8(4)13)1-6(12-7)9(14)15/h1-2,12-13H,(H,14,15). The van der Waals surface area contributed by atoms with Crippen molar-refractivity contribution in [1.29, 1.82) is 0 Å². The SMILES string of the molecule is O=C(O)c1cc2c(O)c(Br)cc(F)c2[nH]1. The van der Waals surface area contributed by atoms with Gasteiger partial charge in [0.15, 0.2) is 0 Å². The number of rotatable bonds is 1. The highest BCUT2D eigenvalue weighted by molar-refractivity contribution is 9.10. The Kier molecular flexibility index (Phi) is 2.15. The highest BCUT2D eigenvalue weighted by Gasteiger charge is 2.15. The topological polar surface area (TPSA) is 73.3 Å². The zero-order chi connectivity index (χ0) is 11.2. The van der Waals surface area contributed by atoms with E-state index in [4.69, 9.17) is 5.11 Å². The van der Waals surface area contributed by atoms with E-state index in [-0.39, 0.29) is 26.8 Å². The van der Waals surface area contributed by atoms with E-state index in [1.54, 1.807) is 0 Å². The van der Waals surface area contributed by atoms with Crippen LogP contribution in [0.15, 0.2) is 16.6 Å². The van der Waals surface area contributed by atoms with Gasteiger partial charge in [-0.3, -0.25) is 0 Å². The molecule has 0 amide bonds. The minimum Gasteiger partial charge on any atom is -0.506 e. The lowest BCUT2D eigenvalue weighted by atomic mass is 10.2. The molecule has 0 aliphatic carbocycles. The van der Waals surface area contributed by atoms with Crippen LogP contribution in [0.4, 0.5) is 4.39 Å². The minimum atomic E-state index is -1.21. The van der Waals surface area contributed by atoms with E-state index in [1.807, 2.05) is 0 Å². The number of aromatic carboxylic acids is 1. The number of hydrogen-bond donors (Lipinski definition) is 3. The first-order chi connectivity index (χ1) is 7.00.